The van der Waals surface area contributed by atoms with Gasteiger partial charge in [-0.2, -0.15) is 0 Å². The summed E-state index contributed by atoms with van der Waals surface area (Å²) in [7, 11) is 1.60. The number of methoxy groups -OCH3 is 1. The maximum absolute atomic E-state index is 12.3. The Hall–Kier alpha value is -2.40. The lowest BCUT2D eigenvalue weighted by Crippen LogP contribution is -2.35. The highest BCUT2D eigenvalue weighted by molar-refractivity contribution is 5.78. The Morgan fingerprint density at radius 3 is 2.58 bits per heavy atom. The molecule has 24 heavy (non-hydrogen) atoms. The standard InChI is InChI=1S/C19H24N2O3/c1-13-8-9-14(2)19(15(13)3)24-12-18(22)21-17(11-23-4)16-7-5-6-10-20-16/h5-10,17H,11-12H2,1-4H3,(H,21,22). The highest BCUT2D eigenvalue weighted by Gasteiger charge is 2.16. The molecule has 0 saturated heterocycles. The fourth-order valence-corrected chi connectivity index (χ4v) is 2.47. The van der Waals surface area contributed by atoms with E-state index in [0.29, 0.717) is 6.61 Å². The van der Waals surface area contributed by atoms with Crippen LogP contribution in [0.3, 0.4) is 0 Å². The second-order valence-electron chi connectivity index (χ2n) is 5.77. The lowest BCUT2D eigenvalue weighted by molar-refractivity contribution is -0.124. The quantitative estimate of drug-likeness (QED) is 0.849. The molecule has 1 amide bonds. The van der Waals surface area contributed by atoms with E-state index in [0.717, 1.165) is 28.1 Å². The van der Waals surface area contributed by atoms with E-state index in [1.165, 1.54) is 0 Å². The molecule has 0 radical (unpaired) electrons. The number of ether oxygens (including phenoxy) is 2. The largest absolute Gasteiger partial charge is 0.483 e. The van der Waals surface area contributed by atoms with Crippen molar-refractivity contribution in [3.8, 4) is 5.75 Å². The van der Waals surface area contributed by atoms with E-state index in [1.807, 2.05) is 51.1 Å². The van der Waals surface area contributed by atoms with Gasteiger partial charge in [-0.25, -0.2) is 0 Å². The lowest BCUT2D eigenvalue weighted by atomic mass is 10.1. The maximum atomic E-state index is 12.3. The topological polar surface area (TPSA) is 60.5 Å². The molecule has 1 aromatic carbocycles. The van der Waals surface area contributed by atoms with Gasteiger partial charge in [0.1, 0.15) is 5.75 Å². The first kappa shape index (κ1) is 17.9. The number of aryl methyl sites for hydroxylation is 2. The number of rotatable bonds is 7. The number of nitrogens with one attached hydrogen (secondary N) is 1. The van der Waals surface area contributed by atoms with Crippen LogP contribution in [0.2, 0.25) is 0 Å². The van der Waals surface area contributed by atoms with Crippen LogP contribution in [0.25, 0.3) is 0 Å². The SMILES string of the molecule is COCC(NC(=O)COc1c(C)ccc(C)c1C)c1ccccn1. The van der Waals surface area contributed by atoms with Crippen molar-refractivity contribution in [1.82, 2.24) is 10.3 Å². The van der Waals surface area contributed by atoms with E-state index in [2.05, 4.69) is 10.3 Å². The Labute approximate surface area is 143 Å². The molecule has 1 N–H and O–H groups in total. The van der Waals surface area contributed by atoms with Gasteiger partial charge < -0.3 is 14.8 Å². The predicted molar refractivity (Wildman–Crippen MR) is 93.1 cm³/mol. The monoisotopic (exact) mass is 328 g/mol. The number of hydrogen-bond donors (Lipinski definition) is 1. The van der Waals surface area contributed by atoms with Crippen LogP contribution >= 0.6 is 0 Å². The van der Waals surface area contributed by atoms with Gasteiger partial charge in [0.2, 0.25) is 0 Å². The Balaban J connectivity index is 2.01. The van der Waals surface area contributed by atoms with Crippen molar-refractivity contribution in [2.45, 2.75) is 26.8 Å². The summed E-state index contributed by atoms with van der Waals surface area (Å²) < 4.78 is 10.9. The molecule has 2 aromatic rings. The van der Waals surface area contributed by atoms with Crippen molar-refractivity contribution >= 4 is 5.91 Å². The van der Waals surface area contributed by atoms with Crippen molar-refractivity contribution in [2.24, 2.45) is 0 Å². The Morgan fingerprint density at radius 1 is 1.17 bits per heavy atom. The van der Waals surface area contributed by atoms with Crippen LogP contribution in [0.4, 0.5) is 0 Å². The van der Waals surface area contributed by atoms with Crippen LogP contribution in [0.15, 0.2) is 36.5 Å². The van der Waals surface area contributed by atoms with Gasteiger partial charge in [0.25, 0.3) is 5.91 Å². The number of nitrogens with zero attached hydrogens (tertiary/aromatic N) is 1. The third-order valence-corrected chi connectivity index (χ3v) is 3.93. The van der Waals surface area contributed by atoms with E-state index >= 15 is 0 Å². The van der Waals surface area contributed by atoms with E-state index in [4.69, 9.17) is 9.47 Å². The second kappa shape index (κ2) is 8.45. The molecular weight excluding hydrogens is 304 g/mol. The summed E-state index contributed by atoms with van der Waals surface area (Å²) in [6.07, 6.45) is 1.69. The van der Waals surface area contributed by atoms with Crippen molar-refractivity contribution in [2.75, 3.05) is 20.3 Å². The normalized spacial score (nSPS) is 11.8. The molecule has 5 heteroatoms. The van der Waals surface area contributed by atoms with Crippen LogP contribution < -0.4 is 10.1 Å². The Kier molecular flexibility index (Phi) is 6.32. The van der Waals surface area contributed by atoms with Crippen molar-refractivity contribution in [3.05, 3.63) is 58.9 Å². The average Bonchev–Trinajstić information content (AvgIpc) is 2.59. The van der Waals surface area contributed by atoms with Crippen LogP contribution in [0.5, 0.6) is 5.75 Å². The van der Waals surface area contributed by atoms with E-state index in [1.54, 1.807) is 13.3 Å². The molecule has 0 aliphatic carbocycles. The van der Waals surface area contributed by atoms with E-state index < -0.39 is 0 Å². The Morgan fingerprint density at radius 2 is 1.92 bits per heavy atom. The maximum Gasteiger partial charge on any atom is 0.258 e. The minimum absolute atomic E-state index is 0.0435. The van der Waals surface area contributed by atoms with Crippen LogP contribution in [0, 0.1) is 20.8 Å². The van der Waals surface area contributed by atoms with Gasteiger partial charge in [-0.1, -0.05) is 18.2 Å². The molecule has 0 saturated carbocycles. The fourth-order valence-electron chi connectivity index (χ4n) is 2.47. The summed E-state index contributed by atoms with van der Waals surface area (Å²) in [5, 5.41) is 2.91. The lowest BCUT2D eigenvalue weighted by Gasteiger charge is -2.18. The van der Waals surface area contributed by atoms with Crippen molar-refractivity contribution < 1.29 is 14.3 Å². The van der Waals surface area contributed by atoms with Gasteiger partial charge in [0.05, 0.1) is 18.3 Å². The molecule has 1 aromatic heterocycles. The minimum Gasteiger partial charge on any atom is -0.483 e. The molecule has 1 atom stereocenters. The first-order chi connectivity index (χ1) is 11.5. The molecule has 1 heterocycles. The van der Waals surface area contributed by atoms with Crippen LogP contribution in [-0.2, 0) is 9.53 Å². The van der Waals surface area contributed by atoms with Gasteiger partial charge in [-0.15, -0.1) is 0 Å². The van der Waals surface area contributed by atoms with Crippen molar-refractivity contribution in [3.63, 3.8) is 0 Å². The molecule has 0 spiro atoms. The number of amides is 1. The fraction of sp³-hybridized carbons (Fsp3) is 0.368. The summed E-state index contributed by atoms with van der Waals surface area (Å²) in [4.78, 5) is 16.5. The first-order valence-corrected chi connectivity index (χ1v) is 7.91. The summed E-state index contributed by atoms with van der Waals surface area (Å²) >= 11 is 0. The molecule has 0 fully saturated rings. The van der Waals surface area contributed by atoms with Gasteiger partial charge in [-0.05, 0) is 49.6 Å². The summed E-state index contributed by atoms with van der Waals surface area (Å²) in [5.74, 6) is 0.564. The van der Waals surface area contributed by atoms with E-state index in [9.17, 15) is 4.79 Å². The zero-order valence-electron chi connectivity index (χ0n) is 14.6. The van der Waals surface area contributed by atoms with Crippen LogP contribution in [0.1, 0.15) is 28.4 Å². The molecule has 5 nitrogen and oxygen atoms in total. The molecule has 0 aliphatic rings. The van der Waals surface area contributed by atoms with Gasteiger partial charge in [-0.3, -0.25) is 9.78 Å². The predicted octanol–water partition coefficient (Wildman–Crippen LogP) is 2.89. The number of hydrogen-bond acceptors (Lipinski definition) is 4. The van der Waals surface area contributed by atoms with Crippen molar-refractivity contribution in [1.29, 1.82) is 0 Å². The highest BCUT2D eigenvalue weighted by atomic mass is 16.5. The van der Waals surface area contributed by atoms with E-state index in [-0.39, 0.29) is 18.6 Å². The Bertz CT molecular complexity index is 687. The second-order valence-corrected chi connectivity index (χ2v) is 5.77. The summed E-state index contributed by atoms with van der Waals surface area (Å²) in [6.45, 7) is 6.30. The first-order valence-electron chi connectivity index (χ1n) is 7.91. The number of benzene rings is 1. The smallest absolute Gasteiger partial charge is 0.258 e. The molecule has 2 rings (SSSR count). The molecule has 0 bridgehead atoms. The number of carbonyl (C=O) groups is 1. The molecule has 1 unspecified atom stereocenters. The summed E-state index contributed by atoms with van der Waals surface area (Å²) in [6, 6.07) is 9.32. The molecule has 128 valence electrons. The van der Waals surface area contributed by atoms with Gasteiger partial charge in [0.15, 0.2) is 6.61 Å². The average molecular weight is 328 g/mol. The number of carbonyl (C=O) groups excluding carboxylic acids is 1. The minimum atomic E-state index is -0.299. The number of pyridine rings is 1. The third-order valence-electron chi connectivity index (χ3n) is 3.93. The third kappa shape index (κ3) is 4.55. The zero-order valence-corrected chi connectivity index (χ0v) is 14.6. The van der Waals surface area contributed by atoms with Gasteiger partial charge in [0, 0.05) is 13.3 Å². The molecule has 0 aliphatic heterocycles. The zero-order chi connectivity index (χ0) is 17.5. The van der Waals surface area contributed by atoms with Crippen LogP contribution in [-0.4, -0.2) is 31.2 Å². The number of aromatic nitrogens is 1. The highest BCUT2D eigenvalue weighted by Crippen LogP contribution is 2.25. The summed E-state index contributed by atoms with van der Waals surface area (Å²) in [5.41, 5.74) is 3.97. The van der Waals surface area contributed by atoms with Gasteiger partial charge >= 0.3 is 0 Å². The molecular formula is C19H24N2O3.